The first-order valence-electron chi connectivity index (χ1n) is 4.05. The molecule has 0 heterocycles. The monoisotopic (exact) mass is 250 g/mol. The van der Waals surface area contributed by atoms with Gasteiger partial charge in [-0.2, -0.15) is 0 Å². The molecule has 0 radical (unpaired) electrons. The van der Waals surface area contributed by atoms with Gasteiger partial charge in [0.15, 0.2) is 0 Å². The van der Waals surface area contributed by atoms with E-state index in [1.54, 1.807) is 0 Å². The maximum atomic E-state index is 8.52. The van der Waals surface area contributed by atoms with Gasteiger partial charge in [-0.25, -0.2) is 0 Å². The third kappa shape index (κ3) is 4.80. The van der Waals surface area contributed by atoms with Gasteiger partial charge in [0.25, 0.3) is 0 Å². The molecule has 0 saturated carbocycles. The summed E-state index contributed by atoms with van der Waals surface area (Å²) in [5, 5.41) is 0.896. The summed E-state index contributed by atoms with van der Waals surface area (Å²) in [5.41, 5.74) is 2.46. The Hall–Kier alpha value is 0.153. The molecule has 3 nitrogen and oxygen atoms in total. The Morgan fingerprint density at radius 2 is 1.92 bits per heavy atom. The van der Waals surface area contributed by atoms with Gasteiger partial charge in [-0.3, -0.25) is 0 Å². The molecule has 0 aliphatic heterocycles. The minimum atomic E-state index is -2.12. The topological polar surface area (TPSA) is 49.7 Å². The molecule has 0 amide bonds. The van der Waals surface area contributed by atoms with Crippen LogP contribution in [0.3, 0.4) is 0 Å². The Kier molecular flexibility index (Phi) is 5.00. The van der Waals surface area contributed by atoms with Crippen molar-refractivity contribution in [2.75, 3.05) is 0 Å². The van der Waals surface area contributed by atoms with Crippen molar-refractivity contribution in [2.24, 2.45) is 0 Å². The molecule has 0 aromatic heterocycles. The Balaban J connectivity index is 2.33. The molecule has 1 aromatic carbocycles. The summed E-state index contributed by atoms with van der Waals surface area (Å²) in [6.07, 6.45) is 0. The second-order valence-corrected chi connectivity index (χ2v) is 7.12. The summed E-state index contributed by atoms with van der Waals surface area (Å²) in [5.74, 6) is 0. The molecular weight excluding hydrogens is 240 g/mol. The van der Waals surface area contributed by atoms with Crippen LogP contribution in [0, 0.1) is 6.92 Å². The standard InChI is InChI=1S/C8H9.H2O3P.Zn/c1-7-3-5-8(2)6-4-7;1-4(2)3;/h3-6H,1H2,2H3;1-2H;/q;-1;+1. The fourth-order valence-corrected chi connectivity index (χ4v) is 4.05. The predicted octanol–water partition coefficient (Wildman–Crippen LogP) is 1.72. The number of aryl methyl sites for hydroxylation is 1. The van der Waals surface area contributed by atoms with Gasteiger partial charge in [-0.05, 0) is 0 Å². The van der Waals surface area contributed by atoms with Crippen molar-refractivity contribution in [2.45, 2.75) is 11.9 Å². The predicted molar refractivity (Wildman–Crippen MR) is 47.3 cm³/mol. The van der Waals surface area contributed by atoms with Crippen LogP contribution < -0.4 is 0 Å². The van der Waals surface area contributed by atoms with Crippen molar-refractivity contribution in [3.8, 4) is 0 Å². The molecule has 0 spiro atoms. The summed E-state index contributed by atoms with van der Waals surface area (Å²) in [4.78, 5) is 17.0. The van der Waals surface area contributed by atoms with Gasteiger partial charge >= 0.3 is 86.6 Å². The molecule has 68 valence electrons. The Morgan fingerprint density at radius 3 is 2.46 bits per heavy atom. The normalized spacial score (nSPS) is 10.2. The van der Waals surface area contributed by atoms with Gasteiger partial charge < -0.3 is 0 Å². The van der Waals surface area contributed by atoms with Gasteiger partial charge in [0.05, 0.1) is 0 Å². The van der Waals surface area contributed by atoms with E-state index in [4.69, 9.17) is 13.1 Å². The van der Waals surface area contributed by atoms with E-state index in [9.17, 15) is 0 Å². The molecule has 0 aliphatic carbocycles. The van der Waals surface area contributed by atoms with Crippen LogP contribution in [-0.4, -0.2) is 9.79 Å². The van der Waals surface area contributed by atoms with Crippen LogP contribution in [0.15, 0.2) is 24.3 Å². The summed E-state index contributed by atoms with van der Waals surface area (Å²) < 4.78 is 4.84. The summed E-state index contributed by atoms with van der Waals surface area (Å²) >= 11 is -1.23. The zero-order chi connectivity index (χ0) is 9.68. The Labute approximate surface area is 86.8 Å². The number of hydrogen-bond acceptors (Lipinski definition) is 3. The van der Waals surface area contributed by atoms with E-state index in [2.05, 4.69) is 24.3 Å². The van der Waals surface area contributed by atoms with Crippen molar-refractivity contribution in [3.05, 3.63) is 35.4 Å². The molecule has 0 bridgehead atoms. The third-order valence-corrected chi connectivity index (χ3v) is 6.37. The van der Waals surface area contributed by atoms with Crippen LogP contribution in [0.1, 0.15) is 11.1 Å². The first-order chi connectivity index (χ1) is 6.18. The zero-order valence-corrected chi connectivity index (χ0v) is 11.3. The molecular formula is C8H11O3PZn. The quantitative estimate of drug-likeness (QED) is 0.633. The number of hydrogen-bond donors (Lipinski definition) is 2. The molecule has 13 heavy (non-hydrogen) atoms. The SMILES string of the molecule is Cc1ccc([CH2][Zn][O]P(O)O)cc1. The van der Waals surface area contributed by atoms with Gasteiger partial charge in [-0.1, -0.05) is 0 Å². The molecule has 0 atom stereocenters. The molecule has 5 heteroatoms. The third-order valence-electron chi connectivity index (χ3n) is 1.72. The summed E-state index contributed by atoms with van der Waals surface area (Å²) in [6, 6.07) is 8.22. The zero-order valence-electron chi connectivity index (χ0n) is 7.47. The van der Waals surface area contributed by atoms with E-state index < -0.39 is 26.1 Å². The van der Waals surface area contributed by atoms with E-state index >= 15 is 0 Å². The van der Waals surface area contributed by atoms with Crippen LogP contribution in [-0.2, 0) is 25.9 Å². The first-order valence-corrected chi connectivity index (χ1v) is 8.52. The fourth-order valence-electron chi connectivity index (χ4n) is 1.000. The molecule has 0 unspecified atom stereocenters. The van der Waals surface area contributed by atoms with E-state index in [1.807, 2.05) is 6.92 Å². The van der Waals surface area contributed by atoms with Gasteiger partial charge in [-0.15, -0.1) is 0 Å². The van der Waals surface area contributed by atoms with Gasteiger partial charge in [0.2, 0.25) is 0 Å². The van der Waals surface area contributed by atoms with Crippen LogP contribution >= 0.6 is 8.60 Å². The minimum absolute atomic E-state index is 0.896. The van der Waals surface area contributed by atoms with Crippen molar-refractivity contribution in [3.63, 3.8) is 0 Å². The molecule has 1 aromatic rings. The van der Waals surface area contributed by atoms with Crippen LogP contribution in [0.5, 0.6) is 0 Å². The average Bonchev–Trinajstić information content (AvgIpc) is 2.08. The number of benzene rings is 1. The van der Waals surface area contributed by atoms with Crippen molar-refractivity contribution >= 4 is 8.60 Å². The Bertz CT molecular complexity index is 250. The van der Waals surface area contributed by atoms with Gasteiger partial charge in [0.1, 0.15) is 0 Å². The second kappa shape index (κ2) is 5.79. The van der Waals surface area contributed by atoms with Crippen molar-refractivity contribution in [1.29, 1.82) is 0 Å². The van der Waals surface area contributed by atoms with Crippen molar-refractivity contribution in [1.82, 2.24) is 0 Å². The second-order valence-electron chi connectivity index (χ2n) is 2.82. The average molecular weight is 252 g/mol. The maximum absolute atomic E-state index is 8.52. The molecule has 0 fully saturated rings. The first kappa shape index (κ1) is 11.2. The van der Waals surface area contributed by atoms with Crippen LogP contribution in [0.2, 0.25) is 0 Å². The Morgan fingerprint density at radius 1 is 1.31 bits per heavy atom. The molecule has 0 aliphatic rings. The summed E-state index contributed by atoms with van der Waals surface area (Å²) in [7, 11) is -2.12. The van der Waals surface area contributed by atoms with Crippen LogP contribution in [0.4, 0.5) is 0 Å². The fraction of sp³-hybridized carbons (Fsp3) is 0.250. The van der Waals surface area contributed by atoms with E-state index in [0.717, 1.165) is 5.02 Å². The molecule has 0 saturated heterocycles. The molecule has 1 rings (SSSR count). The summed E-state index contributed by atoms with van der Waals surface area (Å²) in [6.45, 7) is 2.04. The van der Waals surface area contributed by atoms with E-state index in [1.165, 1.54) is 11.1 Å². The van der Waals surface area contributed by atoms with E-state index in [-0.39, 0.29) is 0 Å². The van der Waals surface area contributed by atoms with Crippen LogP contribution in [0.25, 0.3) is 0 Å². The van der Waals surface area contributed by atoms with Gasteiger partial charge in [0, 0.05) is 0 Å². The number of rotatable bonds is 4. The van der Waals surface area contributed by atoms with Crippen molar-refractivity contribution < 1.29 is 30.6 Å². The molecule has 2 N–H and O–H groups in total. The van der Waals surface area contributed by atoms with E-state index in [0.29, 0.717) is 0 Å².